The van der Waals surface area contributed by atoms with E-state index in [2.05, 4.69) is 15.7 Å². The number of para-hydroxylation sites is 2. The zero-order valence-corrected chi connectivity index (χ0v) is 15.2. The molecule has 0 unspecified atom stereocenters. The van der Waals surface area contributed by atoms with Gasteiger partial charge < -0.3 is 10.6 Å². The molecule has 0 radical (unpaired) electrons. The standard InChI is InChI=1S/C20H21N5O3/c26-20(10-12-21-18-4-1-2-5-19(18)25(27)28)22-14-16-6-8-17(9-7-16)15-24-13-3-11-23-24/h1-9,11,13,21H,10,12,14-15H2,(H,22,26). The van der Waals surface area contributed by atoms with Crippen LogP contribution in [-0.4, -0.2) is 27.2 Å². The highest BCUT2D eigenvalue weighted by atomic mass is 16.6. The Labute approximate surface area is 162 Å². The molecule has 8 nitrogen and oxygen atoms in total. The van der Waals surface area contributed by atoms with Crippen LogP contribution in [0.4, 0.5) is 11.4 Å². The van der Waals surface area contributed by atoms with Crippen molar-refractivity contribution in [1.29, 1.82) is 0 Å². The molecule has 28 heavy (non-hydrogen) atoms. The number of hydrogen-bond donors (Lipinski definition) is 2. The molecule has 0 aliphatic rings. The Morgan fingerprint density at radius 1 is 1.07 bits per heavy atom. The molecule has 0 saturated carbocycles. The lowest BCUT2D eigenvalue weighted by molar-refractivity contribution is -0.384. The molecule has 2 N–H and O–H groups in total. The molecule has 144 valence electrons. The lowest BCUT2D eigenvalue weighted by Crippen LogP contribution is -2.25. The lowest BCUT2D eigenvalue weighted by atomic mass is 10.1. The van der Waals surface area contributed by atoms with E-state index in [0.29, 0.717) is 25.3 Å². The maximum atomic E-state index is 12.0. The highest BCUT2D eigenvalue weighted by Crippen LogP contribution is 2.22. The molecule has 0 aliphatic carbocycles. The van der Waals surface area contributed by atoms with E-state index in [1.54, 1.807) is 24.4 Å². The normalized spacial score (nSPS) is 10.4. The summed E-state index contributed by atoms with van der Waals surface area (Å²) in [5, 5.41) is 20.9. The van der Waals surface area contributed by atoms with Crippen molar-refractivity contribution in [2.24, 2.45) is 0 Å². The monoisotopic (exact) mass is 379 g/mol. The van der Waals surface area contributed by atoms with Gasteiger partial charge in [-0.2, -0.15) is 5.10 Å². The lowest BCUT2D eigenvalue weighted by Gasteiger charge is -2.09. The molecule has 0 atom stereocenters. The van der Waals surface area contributed by atoms with Crippen LogP contribution in [0.3, 0.4) is 0 Å². The third-order valence-corrected chi connectivity index (χ3v) is 4.18. The average molecular weight is 379 g/mol. The van der Waals surface area contributed by atoms with Crippen molar-refractivity contribution < 1.29 is 9.72 Å². The summed E-state index contributed by atoms with van der Waals surface area (Å²) in [5.41, 5.74) is 2.54. The number of anilines is 1. The SMILES string of the molecule is O=C(CCNc1ccccc1[N+](=O)[O-])NCc1ccc(Cn2cccn2)cc1. The van der Waals surface area contributed by atoms with E-state index in [1.165, 1.54) is 6.07 Å². The minimum absolute atomic E-state index is 0.00175. The Bertz CT molecular complexity index is 923. The maximum Gasteiger partial charge on any atom is 0.292 e. The summed E-state index contributed by atoms with van der Waals surface area (Å²) in [6, 6.07) is 16.2. The molecule has 3 aromatic rings. The minimum atomic E-state index is -0.446. The summed E-state index contributed by atoms with van der Waals surface area (Å²) in [4.78, 5) is 22.5. The number of nitrogens with zero attached hydrogens (tertiary/aromatic N) is 3. The summed E-state index contributed by atoms with van der Waals surface area (Å²) in [5.74, 6) is -0.119. The number of carbonyl (C=O) groups is 1. The van der Waals surface area contributed by atoms with E-state index in [0.717, 1.165) is 11.1 Å². The van der Waals surface area contributed by atoms with Crippen molar-refractivity contribution in [3.8, 4) is 0 Å². The van der Waals surface area contributed by atoms with Crippen molar-refractivity contribution in [1.82, 2.24) is 15.1 Å². The maximum absolute atomic E-state index is 12.0. The molecule has 1 aromatic heterocycles. The van der Waals surface area contributed by atoms with Gasteiger partial charge in [-0.1, -0.05) is 36.4 Å². The molecule has 2 aromatic carbocycles. The average Bonchev–Trinajstić information content (AvgIpc) is 3.21. The van der Waals surface area contributed by atoms with Crippen LogP contribution in [0.25, 0.3) is 0 Å². The molecule has 1 heterocycles. The number of carbonyl (C=O) groups excluding carboxylic acids is 1. The summed E-state index contributed by atoms with van der Waals surface area (Å²) < 4.78 is 1.85. The second kappa shape index (κ2) is 9.31. The van der Waals surface area contributed by atoms with Gasteiger partial charge in [-0.3, -0.25) is 19.6 Å². The topological polar surface area (TPSA) is 102 Å². The van der Waals surface area contributed by atoms with Crippen LogP contribution in [0.15, 0.2) is 67.0 Å². The van der Waals surface area contributed by atoms with Gasteiger partial charge in [0.15, 0.2) is 0 Å². The second-order valence-electron chi connectivity index (χ2n) is 6.25. The molecule has 0 aliphatic heterocycles. The van der Waals surface area contributed by atoms with E-state index < -0.39 is 4.92 Å². The number of benzene rings is 2. The Balaban J connectivity index is 1.41. The smallest absolute Gasteiger partial charge is 0.292 e. The number of nitro benzene ring substituents is 1. The zero-order chi connectivity index (χ0) is 19.8. The largest absolute Gasteiger partial charge is 0.379 e. The molecule has 0 fully saturated rings. The van der Waals surface area contributed by atoms with E-state index >= 15 is 0 Å². The van der Waals surface area contributed by atoms with Crippen molar-refractivity contribution in [3.05, 3.63) is 88.2 Å². The van der Waals surface area contributed by atoms with Crippen LogP contribution in [0.1, 0.15) is 17.5 Å². The van der Waals surface area contributed by atoms with Crippen LogP contribution in [-0.2, 0) is 17.9 Å². The molecule has 0 bridgehead atoms. The number of rotatable bonds is 9. The Morgan fingerprint density at radius 2 is 1.82 bits per heavy atom. The number of amides is 1. The van der Waals surface area contributed by atoms with Gasteiger partial charge in [-0.25, -0.2) is 0 Å². The molecule has 0 saturated heterocycles. The van der Waals surface area contributed by atoms with Crippen LogP contribution in [0, 0.1) is 10.1 Å². The number of nitro groups is 1. The van der Waals surface area contributed by atoms with Crippen LogP contribution in [0.2, 0.25) is 0 Å². The summed E-state index contributed by atoms with van der Waals surface area (Å²) in [6.07, 6.45) is 3.88. The van der Waals surface area contributed by atoms with Gasteiger partial charge in [0.1, 0.15) is 5.69 Å². The number of nitrogens with one attached hydrogen (secondary N) is 2. The number of hydrogen-bond acceptors (Lipinski definition) is 5. The quantitative estimate of drug-likeness (QED) is 0.440. The number of aromatic nitrogens is 2. The molecular formula is C20H21N5O3. The molecule has 0 spiro atoms. The van der Waals surface area contributed by atoms with Crippen molar-refractivity contribution >= 4 is 17.3 Å². The van der Waals surface area contributed by atoms with Crippen molar-refractivity contribution in [2.75, 3.05) is 11.9 Å². The van der Waals surface area contributed by atoms with Gasteiger partial charge in [0.25, 0.3) is 5.69 Å². The fourth-order valence-corrected chi connectivity index (χ4v) is 2.73. The minimum Gasteiger partial charge on any atom is -0.379 e. The van der Waals surface area contributed by atoms with Crippen LogP contribution in [0.5, 0.6) is 0 Å². The third-order valence-electron chi connectivity index (χ3n) is 4.18. The molecule has 8 heteroatoms. The molecular weight excluding hydrogens is 358 g/mol. The summed E-state index contributed by atoms with van der Waals surface area (Å²) >= 11 is 0. The van der Waals surface area contributed by atoms with E-state index in [1.807, 2.05) is 41.2 Å². The Morgan fingerprint density at radius 3 is 2.54 bits per heavy atom. The Hall–Kier alpha value is -3.68. The zero-order valence-electron chi connectivity index (χ0n) is 15.2. The molecule has 1 amide bonds. The van der Waals surface area contributed by atoms with Crippen molar-refractivity contribution in [2.45, 2.75) is 19.5 Å². The molecule has 3 rings (SSSR count). The van der Waals surface area contributed by atoms with Gasteiger partial charge in [0.05, 0.1) is 11.5 Å². The first-order valence-corrected chi connectivity index (χ1v) is 8.91. The van der Waals surface area contributed by atoms with E-state index in [4.69, 9.17) is 0 Å². The van der Waals surface area contributed by atoms with Gasteiger partial charge in [0, 0.05) is 38.0 Å². The predicted molar refractivity (Wildman–Crippen MR) is 106 cm³/mol. The van der Waals surface area contributed by atoms with Crippen LogP contribution >= 0.6 is 0 Å². The first-order valence-electron chi connectivity index (χ1n) is 8.91. The highest BCUT2D eigenvalue weighted by Gasteiger charge is 2.12. The first-order chi connectivity index (χ1) is 13.6. The van der Waals surface area contributed by atoms with Gasteiger partial charge in [0.2, 0.25) is 5.91 Å². The fraction of sp³-hybridized carbons (Fsp3) is 0.200. The Kier molecular flexibility index (Phi) is 6.35. The van der Waals surface area contributed by atoms with Crippen molar-refractivity contribution in [3.63, 3.8) is 0 Å². The van der Waals surface area contributed by atoms with Gasteiger partial charge in [-0.15, -0.1) is 0 Å². The third kappa shape index (κ3) is 5.41. The van der Waals surface area contributed by atoms with Gasteiger partial charge >= 0.3 is 0 Å². The summed E-state index contributed by atoms with van der Waals surface area (Å²) in [7, 11) is 0. The fourth-order valence-electron chi connectivity index (χ4n) is 2.73. The van der Waals surface area contributed by atoms with E-state index in [-0.39, 0.29) is 18.0 Å². The van der Waals surface area contributed by atoms with E-state index in [9.17, 15) is 14.9 Å². The van der Waals surface area contributed by atoms with Crippen LogP contribution < -0.4 is 10.6 Å². The second-order valence-corrected chi connectivity index (χ2v) is 6.25. The van der Waals surface area contributed by atoms with Gasteiger partial charge in [-0.05, 0) is 23.3 Å². The predicted octanol–water partition coefficient (Wildman–Crippen LogP) is 2.96. The first kappa shape index (κ1) is 19.1. The summed E-state index contributed by atoms with van der Waals surface area (Å²) in [6.45, 7) is 1.46. The highest BCUT2D eigenvalue weighted by molar-refractivity contribution is 5.76.